The number of aromatic nitrogens is 1. The summed E-state index contributed by atoms with van der Waals surface area (Å²) in [6.45, 7) is -0.00140. The third kappa shape index (κ3) is 1.71. The molecule has 0 radical (unpaired) electrons. The van der Waals surface area contributed by atoms with Crippen LogP contribution in [0.5, 0.6) is 0 Å². The van der Waals surface area contributed by atoms with Gasteiger partial charge in [0.15, 0.2) is 9.90 Å². The van der Waals surface area contributed by atoms with E-state index in [2.05, 4.69) is 4.98 Å². The quantitative estimate of drug-likeness (QED) is 0.740. The van der Waals surface area contributed by atoms with Crippen molar-refractivity contribution in [2.24, 2.45) is 0 Å². The molecule has 0 spiro atoms. The minimum Gasteiger partial charge on any atom is -0.476 e. The van der Waals surface area contributed by atoms with E-state index in [1.807, 2.05) is 0 Å². The summed E-state index contributed by atoms with van der Waals surface area (Å²) in [5, 5.41) is 17.8. The van der Waals surface area contributed by atoms with Crippen LogP contribution in [0.4, 0.5) is 0 Å². The normalized spacial score (nSPS) is 18.3. The number of thiazole rings is 1. The number of aliphatic hydroxyl groups excluding tert-OH is 1. The summed E-state index contributed by atoms with van der Waals surface area (Å²) in [6.07, 6.45) is -0.670. The molecule has 0 aromatic carbocycles. The molecule has 2 N–H and O–H groups in total. The van der Waals surface area contributed by atoms with Crippen LogP contribution >= 0.6 is 11.3 Å². The molecule has 1 aliphatic heterocycles. The Kier molecular flexibility index (Phi) is 2.70. The lowest BCUT2D eigenvalue weighted by Crippen LogP contribution is -2.53. The van der Waals surface area contributed by atoms with E-state index in [4.69, 9.17) is 10.2 Å². The number of carboxylic acid groups (broad SMARTS) is 1. The summed E-state index contributed by atoms with van der Waals surface area (Å²) in [4.78, 5) is 14.2. The second-order valence-corrected chi connectivity index (χ2v) is 6.26. The summed E-state index contributed by atoms with van der Waals surface area (Å²) in [7, 11) is -3.82. The number of sulfonamides is 1. The summed E-state index contributed by atoms with van der Waals surface area (Å²) in [6, 6.07) is 0. The average Bonchev–Trinajstić information content (AvgIpc) is 2.61. The Morgan fingerprint density at radius 3 is 2.69 bits per heavy atom. The summed E-state index contributed by atoms with van der Waals surface area (Å²) in [5.74, 6) is -1.37. The summed E-state index contributed by atoms with van der Waals surface area (Å²) < 4.78 is 24.5. The predicted molar refractivity (Wildman–Crippen MR) is 53.8 cm³/mol. The first-order chi connectivity index (χ1) is 7.43. The monoisotopic (exact) mass is 264 g/mol. The third-order valence-electron chi connectivity index (χ3n) is 2.14. The van der Waals surface area contributed by atoms with Gasteiger partial charge in [-0.1, -0.05) is 0 Å². The zero-order valence-corrected chi connectivity index (χ0v) is 9.53. The molecule has 1 saturated heterocycles. The lowest BCUT2D eigenvalue weighted by Gasteiger charge is -2.34. The van der Waals surface area contributed by atoms with Crippen molar-refractivity contribution in [2.75, 3.05) is 13.1 Å². The van der Waals surface area contributed by atoms with Crippen LogP contribution in [0.25, 0.3) is 0 Å². The van der Waals surface area contributed by atoms with Gasteiger partial charge >= 0.3 is 5.97 Å². The maximum absolute atomic E-state index is 11.9. The van der Waals surface area contributed by atoms with Crippen LogP contribution in [0.2, 0.25) is 0 Å². The van der Waals surface area contributed by atoms with E-state index >= 15 is 0 Å². The van der Waals surface area contributed by atoms with Crippen molar-refractivity contribution < 1.29 is 23.4 Å². The van der Waals surface area contributed by atoms with E-state index in [1.165, 1.54) is 5.51 Å². The maximum atomic E-state index is 11.9. The van der Waals surface area contributed by atoms with E-state index in [1.54, 1.807) is 0 Å². The summed E-state index contributed by atoms with van der Waals surface area (Å²) >= 11 is 0.760. The number of carbonyl (C=O) groups is 1. The second-order valence-electron chi connectivity index (χ2n) is 3.27. The smallest absolute Gasteiger partial charge is 0.356 e. The number of aliphatic hydroxyl groups is 1. The van der Waals surface area contributed by atoms with Crippen molar-refractivity contribution in [3.8, 4) is 0 Å². The predicted octanol–water partition coefficient (Wildman–Crippen LogP) is -0.793. The van der Waals surface area contributed by atoms with Gasteiger partial charge in [0.1, 0.15) is 0 Å². The van der Waals surface area contributed by atoms with E-state index in [-0.39, 0.29) is 17.3 Å². The Morgan fingerprint density at radius 2 is 2.19 bits per heavy atom. The largest absolute Gasteiger partial charge is 0.476 e. The molecule has 1 aliphatic rings. The van der Waals surface area contributed by atoms with Crippen LogP contribution in [0, 0.1) is 0 Å². The fraction of sp³-hybridized carbons (Fsp3) is 0.429. The molecule has 1 aromatic rings. The van der Waals surface area contributed by atoms with Crippen LogP contribution in [0.15, 0.2) is 9.72 Å². The van der Waals surface area contributed by atoms with Crippen LogP contribution in [0.3, 0.4) is 0 Å². The minimum absolute atomic E-state index is 0.000702. The van der Waals surface area contributed by atoms with Gasteiger partial charge in [0.05, 0.1) is 11.6 Å². The highest BCUT2D eigenvalue weighted by Crippen LogP contribution is 2.27. The third-order valence-corrected chi connectivity index (χ3v) is 5.32. The molecule has 88 valence electrons. The van der Waals surface area contributed by atoms with Crippen molar-refractivity contribution in [1.82, 2.24) is 9.29 Å². The van der Waals surface area contributed by atoms with Gasteiger partial charge in [0.2, 0.25) is 0 Å². The first kappa shape index (κ1) is 11.5. The SMILES string of the molecule is O=C(O)c1ncsc1S(=O)(=O)N1CC(O)C1. The van der Waals surface area contributed by atoms with Gasteiger partial charge in [-0.2, -0.15) is 4.31 Å². The fourth-order valence-electron chi connectivity index (χ4n) is 1.29. The zero-order chi connectivity index (χ0) is 11.9. The van der Waals surface area contributed by atoms with Crippen LogP contribution in [-0.4, -0.2) is 53.1 Å². The molecule has 0 amide bonds. The minimum atomic E-state index is -3.82. The molecule has 16 heavy (non-hydrogen) atoms. The van der Waals surface area contributed by atoms with Crippen LogP contribution in [-0.2, 0) is 10.0 Å². The average molecular weight is 264 g/mol. The van der Waals surface area contributed by atoms with Crippen molar-refractivity contribution in [3.05, 3.63) is 11.2 Å². The van der Waals surface area contributed by atoms with Gasteiger partial charge in [-0.3, -0.25) is 0 Å². The molecule has 0 saturated carbocycles. The van der Waals surface area contributed by atoms with Crippen LogP contribution in [0.1, 0.15) is 10.5 Å². The maximum Gasteiger partial charge on any atom is 0.356 e. The highest BCUT2D eigenvalue weighted by atomic mass is 32.2. The molecule has 2 heterocycles. The Hall–Kier alpha value is -1.03. The first-order valence-electron chi connectivity index (χ1n) is 4.28. The molecule has 0 aliphatic carbocycles. The zero-order valence-electron chi connectivity index (χ0n) is 7.90. The number of carboxylic acids is 1. The number of hydrogen-bond acceptors (Lipinski definition) is 6. The molecular weight excluding hydrogens is 256 g/mol. The van der Waals surface area contributed by atoms with Crippen molar-refractivity contribution in [3.63, 3.8) is 0 Å². The molecule has 1 aromatic heterocycles. The van der Waals surface area contributed by atoms with Gasteiger partial charge in [-0.05, 0) is 0 Å². The van der Waals surface area contributed by atoms with Crippen LogP contribution < -0.4 is 0 Å². The summed E-state index contributed by atoms with van der Waals surface area (Å²) in [5.41, 5.74) is 0.707. The highest BCUT2D eigenvalue weighted by molar-refractivity contribution is 7.91. The van der Waals surface area contributed by atoms with E-state index in [9.17, 15) is 13.2 Å². The molecule has 0 bridgehead atoms. The lowest BCUT2D eigenvalue weighted by atomic mass is 10.2. The Bertz CT molecular complexity index is 517. The number of aromatic carboxylic acids is 1. The van der Waals surface area contributed by atoms with E-state index in [0.29, 0.717) is 0 Å². The molecule has 1 fully saturated rings. The topological polar surface area (TPSA) is 108 Å². The second kappa shape index (κ2) is 3.77. The Morgan fingerprint density at radius 1 is 1.56 bits per heavy atom. The lowest BCUT2D eigenvalue weighted by molar-refractivity contribution is 0.0547. The van der Waals surface area contributed by atoms with E-state index in [0.717, 1.165) is 15.6 Å². The number of nitrogens with zero attached hydrogens (tertiary/aromatic N) is 2. The van der Waals surface area contributed by atoms with Gasteiger partial charge in [0.25, 0.3) is 10.0 Å². The highest BCUT2D eigenvalue weighted by Gasteiger charge is 2.39. The van der Waals surface area contributed by atoms with E-state index < -0.39 is 27.8 Å². The number of β-amino-alcohol motifs (C(OH)–C–C–N with tert-alkyl or cyclic N) is 1. The Labute approximate surface area is 95.0 Å². The molecule has 9 heteroatoms. The van der Waals surface area contributed by atoms with Crippen molar-refractivity contribution >= 4 is 27.3 Å². The number of rotatable bonds is 3. The first-order valence-corrected chi connectivity index (χ1v) is 6.60. The fourth-order valence-corrected chi connectivity index (χ4v) is 4.08. The van der Waals surface area contributed by atoms with Gasteiger partial charge in [0, 0.05) is 13.1 Å². The van der Waals surface area contributed by atoms with Crippen molar-refractivity contribution in [2.45, 2.75) is 10.3 Å². The Balaban J connectivity index is 2.36. The molecule has 2 rings (SSSR count). The molecule has 0 atom stereocenters. The standard InChI is InChI=1S/C7H8N2O5S2/c10-4-1-9(2-4)16(13,14)7-5(6(11)12)8-3-15-7/h3-4,10H,1-2H2,(H,11,12). The van der Waals surface area contributed by atoms with Crippen molar-refractivity contribution in [1.29, 1.82) is 0 Å². The van der Waals surface area contributed by atoms with Gasteiger partial charge in [-0.15, -0.1) is 11.3 Å². The molecule has 0 unspecified atom stereocenters. The molecule has 7 nitrogen and oxygen atoms in total. The van der Waals surface area contributed by atoms with Gasteiger partial charge in [-0.25, -0.2) is 18.2 Å². The van der Waals surface area contributed by atoms with Gasteiger partial charge < -0.3 is 10.2 Å². The molecular formula is C7H8N2O5S2. The number of hydrogen-bond donors (Lipinski definition) is 2.